The highest BCUT2D eigenvalue weighted by molar-refractivity contribution is 7.47. The number of esters is 2. The molecule has 0 heterocycles. The molecule has 14 heteroatoms. The highest BCUT2D eigenvalue weighted by atomic mass is 31.2. The van der Waals surface area contributed by atoms with Gasteiger partial charge in [0.2, 0.25) is 0 Å². The number of phosphoric acid groups is 1. The molecular weight excluding hydrogens is 827 g/mol. The summed E-state index contributed by atoms with van der Waals surface area (Å²) in [5, 5.41) is 50.1. The molecule has 0 aromatic rings. The molecule has 1 saturated carbocycles. The van der Waals surface area contributed by atoms with E-state index in [1.165, 1.54) is 19.3 Å². The van der Waals surface area contributed by atoms with Crippen molar-refractivity contribution in [3.8, 4) is 0 Å². The average molecular weight is 907 g/mol. The van der Waals surface area contributed by atoms with Crippen LogP contribution in [0.2, 0.25) is 0 Å². The number of aliphatic hydroxyl groups is 5. The Bertz CT molecular complexity index is 1470. The van der Waals surface area contributed by atoms with Crippen molar-refractivity contribution in [2.24, 2.45) is 0 Å². The summed E-state index contributed by atoms with van der Waals surface area (Å²) in [4.78, 5) is 35.7. The predicted molar refractivity (Wildman–Crippen MR) is 248 cm³/mol. The number of ether oxygens (including phenoxy) is 2. The van der Waals surface area contributed by atoms with Crippen LogP contribution in [0.15, 0.2) is 97.2 Å². The topological polar surface area (TPSA) is 210 Å². The predicted octanol–water partition coefficient (Wildman–Crippen LogP) is 9.05. The lowest BCUT2D eigenvalue weighted by molar-refractivity contribution is -0.220. The second-order valence-electron chi connectivity index (χ2n) is 15.5. The van der Waals surface area contributed by atoms with Gasteiger partial charge in [-0.15, -0.1) is 0 Å². The van der Waals surface area contributed by atoms with Crippen LogP contribution in [0.3, 0.4) is 0 Å². The first-order valence-electron chi connectivity index (χ1n) is 23.0. The highest BCUT2D eigenvalue weighted by Crippen LogP contribution is 2.47. The van der Waals surface area contributed by atoms with Crippen molar-refractivity contribution >= 4 is 19.8 Å². The zero-order chi connectivity index (χ0) is 46.4. The van der Waals surface area contributed by atoms with Gasteiger partial charge < -0.3 is 39.9 Å². The summed E-state index contributed by atoms with van der Waals surface area (Å²) in [7, 11) is -5.14. The molecule has 63 heavy (non-hydrogen) atoms. The lowest BCUT2D eigenvalue weighted by Crippen LogP contribution is -2.64. The fourth-order valence-electron chi connectivity index (χ4n) is 6.21. The number of carbonyl (C=O) groups is 2. The molecule has 0 aromatic carbocycles. The average Bonchev–Trinajstić information content (AvgIpc) is 3.26. The first kappa shape index (κ1) is 57.8. The number of rotatable bonds is 36. The number of hydrogen-bond acceptors (Lipinski definition) is 12. The Morgan fingerprint density at radius 3 is 1.41 bits per heavy atom. The Labute approximate surface area is 377 Å². The minimum atomic E-state index is -5.14. The molecule has 0 amide bonds. The Hall–Kier alpha value is -3.23. The Morgan fingerprint density at radius 2 is 0.921 bits per heavy atom. The van der Waals surface area contributed by atoms with E-state index in [0.29, 0.717) is 19.3 Å². The summed E-state index contributed by atoms with van der Waals surface area (Å²) in [6.45, 7) is 3.07. The Kier molecular flexibility index (Phi) is 34.9. The lowest BCUT2D eigenvalue weighted by Gasteiger charge is -2.41. The van der Waals surface area contributed by atoms with Crippen LogP contribution < -0.4 is 0 Å². The Morgan fingerprint density at radius 1 is 0.508 bits per heavy atom. The monoisotopic (exact) mass is 907 g/mol. The molecule has 0 radical (unpaired) electrons. The second kappa shape index (κ2) is 38.1. The third-order valence-corrected chi connectivity index (χ3v) is 10.9. The van der Waals surface area contributed by atoms with E-state index in [1.54, 1.807) is 0 Å². The fourth-order valence-corrected chi connectivity index (χ4v) is 7.18. The number of phosphoric ester groups is 1. The van der Waals surface area contributed by atoms with E-state index >= 15 is 0 Å². The van der Waals surface area contributed by atoms with Crippen molar-refractivity contribution in [1.29, 1.82) is 0 Å². The quantitative estimate of drug-likeness (QED) is 0.0150. The van der Waals surface area contributed by atoms with Crippen molar-refractivity contribution in [3.63, 3.8) is 0 Å². The zero-order valence-electron chi connectivity index (χ0n) is 37.8. The van der Waals surface area contributed by atoms with Gasteiger partial charge in [-0.05, 0) is 89.9 Å². The van der Waals surface area contributed by atoms with Crippen molar-refractivity contribution < 1.29 is 63.1 Å². The molecule has 6 unspecified atom stereocenters. The van der Waals surface area contributed by atoms with E-state index < -0.39 is 75.7 Å². The number of aliphatic hydroxyl groups excluding tert-OH is 5. The van der Waals surface area contributed by atoms with Crippen molar-refractivity contribution in [2.45, 2.75) is 185 Å². The van der Waals surface area contributed by atoms with Crippen LogP contribution in [0.25, 0.3) is 0 Å². The molecule has 1 fully saturated rings. The van der Waals surface area contributed by atoms with Gasteiger partial charge in [0.25, 0.3) is 0 Å². The fraction of sp³-hybridized carbons (Fsp3) is 0.633. The van der Waals surface area contributed by atoms with Crippen LogP contribution >= 0.6 is 7.82 Å². The molecule has 1 aliphatic rings. The van der Waals surface area contributed by atoms with Gasteiger partial charge in [0.05, 0.1) is 6.61 Å². The van der Waals surface area contributed by atoms with Crippen molar-refractivity contribution in [2.75, 3.05) is 13.2 Å². The summed E-state index contributed by atoms with van der Waals surface area (Å²) < 4.78 is 33.4. The SMILES string of the molecule is CC/C=C\C/C=C\C/C=C\C/C=C\C/C=C\CCCC(=O)OC[C@H](COP(=O)(O)OC1C(O)C(O)C(O)[C@@H](O)C1O)OC(=O)CCCCCC/C=C\C/C=C\C/C=C\CCCCC. The van der Waals surface area contributed by atoms with Crippen LogP contribution in [0, 0.1) is 0 Å². The van der Waals surface area contributed by atoms with Gasteiger partial charge in [-0.1, -0.05) is 137 Å². The maximum absolute atomic E-state index is 12.8. The zero-order valence-corrected chi connectivity index (χ0v) is 38.7. The van der Waals surface area contributed by atoms with E-state index in [-0.39, 0.29) is 12.8 Å². The normalized spacial score (nSPS) is 22.6. The minimum absolute atomic E-state index is 0.0528. The van der Waals surface area contributed by atoms with Crippen LogP contribution in [0.1, 0.15) is 142 Å². The maximum Gasteiger partial charge on any atom is 0.472 e. The number of hydrogen-bond donors (Lipinski definition) is 6. The van der Waals surface area contributed by atoms with Gasteiger partial charge >= 0.3 is 19.8 Å². The van der Waals surface area contributed by atoms with Gasteiger partial charge in [0.15, 0.2) is 6.10 Å². The van der Waals surface area contributed by atoms with Crippen LogP contribution in [0.5, 0.6) is 0 Å². The first-order chi connectivity index (χ1) is 30.4. The molecule has 0 aromatic heterocycles. The van der Waals surface area contributed by atoms with Gasteiger partial charge in [0, 0.05) is 12.8 Å². The Balaban J connectivity index is 2.53. The molecule has 0 saturated heterocycles. The number of carbonyl (C=O) groups excluding carboxylic acids is 2. The largest absolute Gasteiger partial charge is 0.472 e. The van der Waals surface area contributed by atoms with Crippen LogP contribution in [-0.2, 0) is 32.7 Å². The number of unbranched alkanes of at least 4 members (excludes halogenated alkanes) is 8. The molecule has 6 N–H and O–H groups in total. The lowest BCUT2D eigenvalue weighted by atomic mass is 9.85. The molecule has 0 aliphatic heterocycles. The van der Waals surface area contributed by atoms with E-state index in [1.807, 2.05) is 12.2 Å². The smallest absolute Gasteiger partial charge is 0.462 e. The maximum atomic E-state index is 12.8. The van der Waals surface area contributed by atoms with Gasteiger partial charge in [-0.3, -0.25) is 18.6 Å². The third-order valence-electron chi connectivity index (χ3n) is 9.91. The van der Waals surface area contributed by atoms with E-state index in [9.17, 15) is 44.6 Å². The number of allylic oxidation sites excluding steroid dienone is 16. The summed E-state index contributed by atoms with van der Waals surface area (Å²) in [5.41, 5.74) is 0. The third kappa shape index (κ3) is 30.5. The van der Waals surface area contributed by atoms with Gasteiger partial charge in [0.1, 0.15) is 43.2 Å². The molecule has 1 rings (SSSR count). The van der Waals surface area contributed by atoms with E-state index in [4.69, 9.17) is 18.5 Å². The van der Waals surface area contributed by atoms with Crippen molar-refractivity contribution in [1.82, 2.24) is 0 Å². The molecule has 0 bridgehead atoms. The molecule has 8 atom stereocenters. The van der Waals surface area contributed by atoms with Crippen molar-refractivity contribution in [3.05, 3.63) is 97.2 Å². The molecule has 1 aliphatic carbocycles. The van der Waals surface area contributed by atoms with E-state index in [2.05, 4.69) is 98.9 Å². The summed E-state index contributed by atoms with van der Waals surface area (Å²) >= 11 is 0. The summed E-state index contributed by atoms with van der Waals surface area (Å²) in [5.74, 6) is -1.20. The molecule has 358 valence electrons. The molecule has 0 spiro atoms. The standard InChI is InChI=1S/C49H79O13P/c1-3-5-7-9-11-13-15-17-19-21-23-25-27-29-31-33-35-37-42(50)59-39-41(40-60-63(57,58)62-49-47(55)45(53)44(52)46(54)48(49)56)61-43(51)38-36-34-32-30-28-26-24-22-20-18-16-14-12-10-8-6-4-2/h5,7,11-14,17-20,23-26,29,31,41,44-49,52-56H,3-4,6,8-10,15-16,21-22,27-28,30,32-40H2,1-2H3,(H,57,58)/b7-5-,13-11-,14-12-,19-17-,20-18-,25-23-,26-24-,31-29-/t41-,44?,45-,46?,47?,48?,49?/m1/s1. The minimum Gasteiger partial charge on any atom is -0.462 e. The van der Waals surface area contributed by atoms with Gasteiger partial charge in [-0.25, -0.2) is 4.57 Å². The molecular formula is C49H79O13P. The first-order valence-corrected chi connectivity index (χ1v) is 24.5. The highest BCUT2D eigenvalue weighted by Gasteiger charge is 2.51. The summed E-state index contributed by atoms with van der Waals surface area (Å²) in [6.07, 6.45) is 37.5. The van der Waals surface area contributed by atoms with Crippen LogP contribution in [-0.4, -0.2) is 98.3 Å². The van der Waals surface area contributed by atoms with Crippen LogP contribution in [0.4, 0.5) is 0 Å². The van der Waals surface area contributed by atoms with Gasteiger partial charge in [-0.2, -0.15) is 0 Å². The molecule has 13 nitrogen and oxygen atoms in total. The van der Waals surface area contributed by atoms with E-state index in [0.717, 1.165) is 77.0 Å². The second-order valence-corrected chi connectivity index (χ2v) is 16.9. The summed E-state index contributed by atoms with van der Waals surface area (Å²) in [6, 6.07) is 0.